The topological polar surface area (TPSA) is 84.2 Å². The molecule has 1 amide bonds. The zero-order chi connectivity index (χ0) is 25.2. The molecule has 1 aliphatic carbocycles. The molecule has 2 heterocycles. The maximum absolute atomic E-state index is 13.7. The van der Waals surface area contributed by atoms with Crippen LogP contribution in [0.25, 0.3) is 17.0 Å². The molecule has 7 heteroatoms. The van der Waals surface area contributed by atoms with Gasteiger partial charge in [-0.1, -0.05) is 18.2 Å². The van der Waals surface area contributed by atoms with Crippen LogP contribution < -0.4 is 5.48 Å². The number of carbonyl (C=O) groups excluding carboxylic acids is 1. The van der Waals surface area contributed by atoms with Gasteiger partial charge in [-0.3, -0.25) is 14.9 Å². The number of aryl methyl sites for hydroxylation is 2. The molecule has 36 heavy (non-hydrogen) atoms. The first-order valence-electron chi connectivity index (χ1n) is 12.3. The fourth-order valence-corrected chi connectivity index (χ4v) is 5.30. The van der Waals surface area contributed by atoms with Gasteiger partial charge in [0.15, 0.2) is 0 Å². The van der Waals surface area contributed by atoms with E-state index in [4.69, 9.17) is 5.21 Å². The first-order chi connectivity index (χ1) is 17.4. The Morgan fingerprint density at radius 3 is 2.83 bits per heavy atom. The number of nitrogens with zero attached hydrogens (tertiary/aromatic N) is 1. The lowest BCUT2D eigenvalue weighted by molar-refractivity contribution is -0.124. The van der Waals surface area contributed by atoms with Crippen molar-refractivity contribution in [3.05, 3.63) is 99.8 Å². The van der Waals surface area contributed by atoms with Crippen molar-refractivity contribution < 1.29 is 14.4 Å². The molecule has 1 unspecified atom stereocenters. The Labute approximate surface area is 209 Å². The Morgan fingerprint density at radius 1 is 1.19 bits per heavy atom. The highest BCUT2D eigenvalue weighted by atomic mass is 19.1. The maximum atomic E-state index is 13.7. The van der Waals surface area contributed by atoms with Gasteiger partial charge >= 0.3 is 0 Å². The van der Waals surface area contributed by atoms with E-state index in [1.54, 1.807) is 17.6 Å². The summed E-state index contributed by atoms with van der Waals surface area (Å²) in [7, 11) is 0. The number of hydrogen-bond acceptors (Lipinski definition) is 3. The number of hydrogen-bond donors (Lipinski definition) is 4. The summed E-state index contributed by atoms with van der Waals surface area (Å²) in [6.45, 7) is 5.97. The lowest BCUT2D eigenvalue weighted by Gasteiger charge is -2.30. The Kier molecular flexibility index (Phi) is 6.76. The first kappa shape index (κ1) is 24.0. The fourth-order valence-electron chi connectivity index (χ4n) is 5.30. The van der Waals surface area contributed by atoms with E-state index in [1.165, 1.54) is 45.7 Å². The summed E-state index contributed by atoms with van der Waals surface area (Å²) in [4.78, 5) is 20.6. The molecule has 1 aliphatic rings. The highest BCUT2D eigenvalue weighted by molar-refractivity contribution is 5.90. The van der Waals surface area contributed by atoms with Crippen LogP contribution >= 0.6 is 0 Å². The monoisotopic (exact) mass is 486 g/mol. The minimum atomic E-state index is -0.545. The van der Waals surface area contributed by atoms with Crippen molar-refractivity contribution in [2.45, 2.75) is 45.7 Å². The Morgan fingerprint density at radius 2 is 2.06 bits per heavy atom. The van der Waals surface area contributed by atoms with Crippen LogP contribution in [-0.4, -0.2) is 32.5 Å². The third-order valence-electron chi connectivity index (χ3n) is 7.46. The third-order valence-corrected chi connectivity index (χ3v) is 7.46. The number of halogens is 1. The molecule has 6 nitrogen and oxygen atoms in total. The van der Waals surface area contributed by atoms with Gasteiger partial charge in [-0.05, 0) is 90.8 Å². The number of H-pyrrole nitrogens is 2. The zero-order valence-corrected chi connectivity index (χ0v) is 20.6. The molecule has 0 bridgehead atoms. The summed E-state index contributed by atoms with van der Waals surface area (Å²) in [5, 5.41) is 9.79. The van der Waals surface area contributed by atoms with Crippen LogP contribution in [0.3, 0.4) is 0 Å². The average molecular weight is 487 g/mol. The van der Waals surface area contributed by atoms with E-state index in [0.717, 1.165) is 48.8 Å². The summed E-state index contributed by atoms with van der Waals surface area (Å²) in [5.41, 5.74) is 11.0. The molecule has 0 saturated heterocycles. The minimum Gasteiger partial charge on any atom is -0.363 e. The van der Waals surface area contributed by atoms with Crippen molar-refractivity contribution >= 4 is 22.9 Å². The number of aromatic nitrogens is 2. The van der Waals surface area contributed by atoms with Gasteiger partial charge < -0.3 is 9.97 Å². The van der Waals surface area contributed by atoms with E-state index < -0.39 is 5.91 Å². The van der Waals surface area contributed by atoms with Crippen molar-refractivity contribution in [2.75, 3.05) is 6.54 Å². The summed E-state index contributed by atoms with van der Waals surface area (Å²) in [6.07, 6.45) is 9.95. The number of rotatable bonds is 8. The smallest absolute Gasteiger partial charge is 0.267 e. The van der Waals surface area contributed by atoms with Crippen molar-refractivity contribution in [2.24, 2.45) is 0 Å². The SMILES string of the molecule is Cc1c[nH]c(CN(CCc2c[nH]c3cc(F)ccc23)C2CCc3cc(C=CC(=O)NO)ccc32)c1C. The first-order valence-corrected chi connectivity index (χ1v) is 12.3. The van der Waals surface area contributed by atoms with Crippen LogP contribution in [0.15, 0.2) is 54.9 Å². The van der Waals surface area contributed by atoms with Crippen molar-refractivity contribution in [1.29, 1.82) is 0 Å². The van der Waals surface area contributed by atoms with Crippen molar-refractivity contribution in [3.8, 4) is 0 Å². The molecule has 4 N–H and O–H groups in total. The van der Waals surface area contributed by atoms with E-state index in [9.17, 15) is 9.18 Å². The van der Waals surface area contributed by atoms with Crippen LogP contribution in [0.5, 0.6) is 0 Å². The van der Waals surface area contributed by atoms with Crippen LogP contribution in [0.1, 0.15) is 51.5 Å². The standard InChI is InChI=1S/C29H31FN4O2/c1-18-15-31-27(19(18)2)17-34(12-11-22-16-32-26-14-23(30)6-8-24(22)26)28-9-5-21-13-20(3-7-25(21)28)4-10-29(35)33-36/h3-4,6-8,10,13-16,28,31-32,36H,5,9,11-12,17H2,1-2H3,(H,33,35). The zero-order valence-electron chi connectivity index (χ0n) is 20.6. The maximum Gasteiger partial charge on any atom is 0.267 e. The molecule has 186 valence electrons. The second kappa shape index (κ2) is 10.1. The summed E-state index contributed by atoms with van der Waals surface area (Å²) >= 11 is 0. The predicted octanol–water partition coefficient (Wildman–Crippen LogP) is 5.50. The molecule has 2 aromatic carbocycles. The van der Waals surface area contributed by atoms with Gasteiger partial charge in [0.25, 0.3) is 5.91 Å². The minimum absolute atomic E-state index is 0.233. The largest absolute Gasteiger partial charge is 0.363 e. The molecule has 4 aromatic rings. The number of hydroxylamine groups is 1. The number of fused-ring (bicyclic) bond motifs is 2. The molecule has 0 radical (unpaired) electrons. The van der Waals surface area contributed by atoms with Crippen LogP contribution in [0, 0.1) is 19.7 Å². The van der Waals surface area contributed by atoms with Gasteiger partial charge in [0, 0.05) is 54.2 Å². The highest BCUT2D eigenvalue weighted by Gasteiger charge is 2.29. The van der Waals surface area contributed by atoms with Gasteiger partial charge in [-0.2, -0.15) is 0 Å². The molecule has 0 spiro atoms. The van der Waals surface area contributed by atoms with Gasteiger partial charge in [0.05, 0.1) is 0 Å². The molecule has 0 saturated carbocycles. The van der Waals surface area contributed by atoms with E-state index in [-0.39, 0.29) is 11.9 Å². The summed E-state index contributed by atoms with van der Waals surface area (Å²) < 4.78 is 13.7. The van der Waals surface area contributed by atoms with Crippen molar-refractivity contribution in [1.82, 2.24) is 20.3 Å². The van der Waals surface area contributed by atoms with E-state index in [1.807, 2.05) is 18.3 Å². The Hall–Kier alpha value is -3.68. The molecule has 0 aliphatic heterocycles. The lowest BCUT2D eigenvalue weighted by Crippen LogP contribution is -2.29. The lowest BCUT2D eigenvalue weighted by atomic mass is 10.0. The molecule has 1 atom stereocenters. The predicted molar refractivity (Wildman–Crippen MR) is 139 cm³/mol. The van der Waals surface area contributed by atoms with Crippen LogP contribution in [0.2, 0.25) is 0 Å². The van der Waals surface area contributed by atoms with Gasteiger partial charge in [0.2, 0.25) is 0 Å². The van der Waals surface area contributed by atoms with E-state index in [2.05, 4.69) is 47.0 Å². The number of amides is 1. The van der Waals surface area contributed by atoms with Crippen molar-refractivity contribution in [3.63, 3.8) is 0 Å². The summed E-state index contributed by atoms with van der Waals surface area (Å²) in [6, 6.07) is 11.5. The Balaban J connectivity index is 1.41. The molecule has 0 fully saturated rings. The molecule has 2 aromatic heterocycles. The summed E-state index contributed by atoms with van der Waals surface area (Å²) in [5.74, 6) is -0.778. The average Bonchev–Trinajstić information content (AvgIpc) is 3.57. The van der Waals surface area contributed by atoms with Gasteiger partial charge in [0.1, 0.15) is 5.82 Å². The second-order valence-electron chi connectivity index (χ2n) is 9.62. The number of nitrogens with one attached hydrogen (secondary N) is 3. The molecular weight excluding hydrogens is 455 g/mol. The Bertz CT molecular complexity index is 1430. The molecule has 5 rings (SSSR count). The quantitative estimate of drug-likeness (QED) is 0.151. The molecular formula is C29H31FN4O2. The third kappa shape index (κ3) is 4.85. The highest BCUT2D eigenvalue weighted by Crippen LogP contribution is 2.38. The van der Waals surface area contributed by atoms with Crippen LogP contribution in [-0.2, 0) is 24.2 Å². The number of aromatic amines is 2. The normalized spacial score (nSPS) is 15.3. The van der Waals surface area contributed by atoms with Gasteiger partial charge in [-0.25, -0.2) is 9.87 Å². The van der Waals surface area contributed by atoms with E-state index in [0.29, 0.717) is 0 Å². The van der Waals surface area contributed by atoms with E-state index >= 15 is 0 Å². The fraction of sp³-hybridized carbons (Fsp3) is 0.276. The van der Waals surface area contributed by atoms with Gasteiger partial charge in [-0.15, -0.1) is 0 Å². The van der Waals surface area contributed by atoms with Crippen LogP contribution in [0.4, 0.5) is 4.39 Å². The second-order valence-corrected chi connectivity index (χ2v) is 9.62. The number of benzene rings is 2. The number of carbonyl (C=O) groups is 1.